The summed E-state index contributed by atoms with van der Waals surface area (Å²) in [4.78, 5) is 1.09. The van der Waals surface area contributed by atoms with Crippen molar-refractivity contribution in [1.82, 2.24) is 0 Å². The van der Waals surface area contributed by atoms with E-state index in [-0.39, 0.29) is 11.5 Å². The van der Waals surface area contributed by atoms with Crippen molar-refractivity contribution in [1.29, 1.82) is 0 Å². The van der Waals surface area contributed by atoms with Gasteiger partial charge in [0.2, 0.25) is 0 Å². The van der Waals surface area contributed by atoms with Gasteiger partial charge in [0.1, 0.15) is 0 Å². The molecule has 0 aliphatic rings. The smallest absolute Gasteiger partial charge is 0.158 e. The Balaban J connectivity index is 2.10. The maximum atomic E-state index is 12.2. The summed E-state index contributed by atoms with van der Waals surface area (Å²) in [7, 11) is 0.157. The van der Waals surface area contributed by atoms with E-state index in [9.17, 15) is 8.42 Å². The standard InChI is InChI=1S/C15H16O2S3/c1-18-19-15-9-5-8-14(10-15)12-20(16,17)11-13-6-3-2-4-7-13/h2-10H,11-12H2,1H3. The van der Waals surface area contributed by atoms with Crippen molar-refractivity contribution in [2.75, 3.05) is 6.26 Å². The van der Waals surface area contributed by atoms with Crippen molar-refractivity contribution in [2.24, 2.45) is 0 Å². The third-order valence-corrected chi connectivity index (χ3v) is 5.93. The minimum absolute atomic E-state index is 0.0880. The SMILES string of the molecule is CSSc1cccc(CS(=O)(=O)Cc2ccccc2)c1. The van der Waals surface area contributed by atoms with Gasteiger partial charge < -0.3 is 0 Å². The molecule has 0 radical (unpaired) electrons. The molecular weight excluding hydrogens is 308 g/mol. The maximum absolute atomic E-state index is 12.2. The zero-order valence-corrected chi connectivity index (χ0v) is 13.6. The van der Waals surface area contributed by atoms with Gasteiger partial charge in [-0.05, 0) is 29.5 Å². The predicted molar refractivity (Wildman–Crippen MR) is 88.6 cm³/mol. The molecule has 0 N–H and O–H groups in total. The number of hydrogen-bond donors (Lipinski definition) is 0. The number of sulfone groups is 1. The molecule has 0 atom stereocenters. The Morgan fingerprint density at radius 2 is 1.55 bits per heavy atom. The van der Waals surface area contributed by atoms with Crippen LogP contribution in [0.25, 0.3) is 0 Å². The zero-order chi connectivity index (χ0) is 14.4. The van der Waals surface area contributed by atoms with Gasteiger partial charge in [0.05, 0.1) is 11.5 Å². The summed E-state index contributed by atoms with van der Waals surface area (Å²) < 4.78 is 24.5. The minimum atomic E-state index is -3.14. The van der Waals surface area contributed by atoms with Gasteiger partial charge in [-0.3, -0.25) is 0 Å². The molecule has 0 saturated heterocycles. The summed E-state index contributed by atoms with van der Waals surface area (Å²) in [5.74, 6) is 0.179. The zero-order valence-electron chi connectivity index (χ0n) is 11.2. The van der Waals surface area contributed by atoms with Gasteiger partial charge in [0.15, 0.2) is 9.84 Å². The first-order chi connectivity index (χ1) is 9.59. The molecular formula is C15H16O2S3. The fraction of sp³-hybridized carbons (Fsp3) is 0.200. The average Bonchev–Trinajstić information content (AvgIpc) is 2.39. The molecule has 0 amide bonds. The Bertz CT molecular complexity index is 652. The van der Waals surface area contributed by atoms with Crippen molar-refractivity contribution in [3.05, 3.63) is 65.7 Å². The van der Waals surface area contributed by atoms with E-state index in [2.05, 4.69) is 0 Å². The molecule has 2 aromatic carbocycles. The molecule has 0 saturated carbocycles. The van der Waals surface area contributed by atoms with E-state index in [1.54, 1.807) is 21.6 Å². The van der Waals surface area contributed by atoms with Gasteiger partial charge in [-0.2, -0.15) is 0 Å². The van der Waals surface area contributed by atoms with E-state index in [1.165, 1.54) is 0 Å². The van der Waals surface area contributed by atoms with Gasteiger partial charge in [-0.1, -0.05) is 64.1 Å². The number of rotatable bonds is 6. The molecule has 106 valence electrons. The first-order valence-electron chi connectivity index (χ1n) is 6.13. The normalized spacial score (nSPS) is 11.4. The summed E-state index contributed by atoms with van der Waals surface area (Å²) in [5, 5.41) is 0. The van der Waals surface area contributed by atoms with Gasteiger partial charge in [-0.25, -0.2) is 8.42 Å². The second kappa shape index (κ2) is 7.20. The molecule has 0 unspecified atom stereocenters. The van der Waals surface area contributed by atoms with Gasteiger partial charge >= 0.3 is 0 Å². The minimum Gasteiger partial charge on any atom is -0.228 e. The van der Waals surface area contributed by atoms with Crippen LogP contribution < -0.4 is 0 Å². The first-order valence-corrected chi connectivity index (χ1v) is 10.5. The molecule has 0 heterocycles. The molecule has 2 aromatic rings. The van der Waals surface area contributed by atoms with Crippen LogP contribution in [0.2, 0.25) is 0 Å². The molecule has 2 nitrogen and oxygen atoms in total. The topological polar surface area (TPSA) is 34.1 Å². The van der Waals surface area contributed by atoms with E-state index >= 15 is 0 Å². The molecule has 0 spiro atoms. The maximum Gasteiger partial charge on any atom is 0.158 e. The van der Waals surface area contributed by atoms with E-state index in [1.807, 2.05) is 60.9 Å². The predicted octanol–water partition coefficient (Wildman–Crippen LogP) is 4.17. The largest absolute Gasteiger partial charge is 0.228 e. The van der Waals surface area contributed by atoms with Crippen LogP contribution in [-0.2, 0) is 21.3 Å². The summed E-state index contributed by atoms with van der Waals surface area (Å²) >= 11 is 0. The van der Waals surface area contributed by atoms with E-state index in [0.29, 0.717) is 0 Å². The Hall–Kier alpha value is -0.910. The van der Waals surface area contributed by atoms with Crippen LogP contribution in [0.1, 0.15) is 11.1 Å². The second-order valence-electron chi connectivity index (χ2n) is 4.42. The highest BCUT2D eigenvalue weighted by Gasteiger charge is 2.13. The fourth-order valence-electron chi connectivity index (χ4n) is 1.92. The van der Waals surface area contributed by atoms with Crippen LogP contribution >= 0.6 is 21.6 Å². The molecule has 0 aromatic heterocycles. The Morgan fingerprint density at radius 3 is 2.25 bits per heavy atom. The summed E-state index contributed by atoms with van der Waals surface area (Å²) in [6.07, 6.45) is 2.00. The molecule has 0 aliphatic carbocycles. The molecule has 0 aliphatic heterocycles. The second-order valence-corrected chi connectivity index (χ2v) is 8.95. The number of benzene rings is 2. The van der Waals surface area contributed by atoms with Crippen molar-refractivity contribution in [2.45, 2.75) is 16.4 Å². The van der Waals surface area contributed by atoms with Crippen LogP contribution in [0, 0.1) is 0 Å². The van der Waals surface area contributed by atoms with E-state index in [4.69, 9.17) is 0 Å². The fourth-order valence-corrected chi connectivity index (χ4v) is 4.82. The van der Waals surface area contributed by atoms with Crippen LogP contribution in [0.4, 0.5) is 0 Å². The highest BCUT2D eigenvalue weighted by Crippen LogP contribution is 2.29. The molecule has 5 heteroatoms. The lowest BCUT2D eigenvalue weighted by atomic mass is 10.2. The number of hydrogen-bond acceptors (Lipinski definition) is 4. The molecule has 2 rings (SSSR count). The van der Waals surface area contributed by atoms with Crippen molar-refractivity contribution in [3.8, 4) is 0 Å². The van der Waals surface area contributed by atoms with Gasteiger partial charge in [0, 0.05) is 4.90 Å². The van der Waals surface area contributed by atoms with Crippen LogP contribution in [0.15, 0.2) is 59.5 Å². The highest BCUT2D eigenvalue weighted by atomic mass is 33.1. The molecule has 0 fully saturated rings. The summed E-state index contributed by atoms with van der Waals surface area (Å²) in [6.45, 7) is 0. The van der Waals surface area contributed by atoms with Gasteiger partial charge in [0.25, 0.3) is 0 Å². The quantitative estimate of drug-likeness (QED) is 0.747. The summed E-state index contributed by atoms with van der Waals surface area (Å²) in [6, 6.07) is 17.0. The summed E-state index contributed by atoms with van der Waals surface area (Å²) in [5.41, 5.74) is 1.68. The Morgan fingerprint density at radius 1 is 0.900 bits per heavy atom. The van der Waals surface area contributed by atoms with E-state index in [0.717, 1.165) is 16.0 Å². The average molecular weight is 324 g/mol. The monoisotopic (exact) mass is 324 g/mol. The third-order valence-electron chi connectivity index (χ3n) is 2.69. The Labute approximate surface area is 128 Å². The first kappa shape index (κ1) is 15.5. The lowest BCUT2D eigenvalue weighted by Crippen LogP contribution is -2.07. The Kier molecular flexibility index (Phi) is 5.57. The lowest BCUT2D eigenvalue weighted by Gasteiger charge is -2.06. The lowest BCUT2D eigenvalue weighted by molar-refractivity contribution is 0.594. The van der Waals surface area contributed by atoms with Crippen molar-refractivity contribution < 1.29 is 8.42 Å². The van der Waals surface area contributed by atoms with Crippen LogP contribution in [0.5, 0.6) is 0 Å². The van der Waals surface area contributed by atoms with Crippen LogP contribution in [-0.4, -0.2) is 14.7 Å². The van der Waals surface area contributed by atoms with Crippen molar-refractivity contribution in [3.63, 3.8) is 0 Å². The third kappa shape index (κ3) is 4.89. The van der Waals surface area contributed by atoms with E-state index < -0.39 is 9.84 Å². The highest BCUT2D eigenvalue weighted by molar-refractivity contribution is 8.76. The molecule has 0 bridgehead atoms. The van der Waals surface area contributed by atoms with Crippen molar-refractivity contribution >= 4 is 31.4 Å². The van der Waals surface area contributed by atoms with Gasteiger partial charge in [-0.15, -0.1) is 0 Å². The van der Waals surface area contributed by atoms with Crippen LogP contribution in [0.3, 0.4) is 0 Å². The molecule has 20 heavy (non-hydrogen) atoms.